The van der Waals surface area contributed by atoms with E-state index in [1.165, 1.54) is 44.9 Å². The van der Waals surface area contributed by atoms with Crippen molar-refractivity contribution in [3.05, 3.63) is 11.6 Å². The summed E-state index contributed by atoms with van der Waals surface area (Å²) in [5, 5.41) is 8.89. The fourth-order valence-corrected chi connectivity index (χ4v) is 3.15. The monoisotopic (exact) mass is 252 g/mol. The molecule has 0 aliphatic heterocycles. The topological polar surface area (TPSA) is 20.2 Å². The van der Waals surface area contributed by atoms with E-state index in [-0.39, 0.29) is 0 Å². The van der Waals surface area contributed by atoms with E-state index in [2.05, 4.69) is 26.8 Å². The summed E-state index contributed by atoms with van der Waals surface area (Å²) in [4.78, 5) is 0. The van der Waals surface area contributed by atoms with E-state index < -0.39 is 0 Å². The Hall–Kier alpha value is -0.300. The largest absolute Gasteiger partial charge is 0.396 e. The molecule has 0 aromatic rings. The molecule has 1 heteroatoms. The molecule has 2 atom stereocenters. The maximum atomic E-state index is 8.89. The SMILES string of the molecule is C/C(=C/CCC(C)CCO)C(C)C1CCCCC1. The summed E-state index contributed by atoms with van der Waals surface area (Å²) in [6, 6.07) is 0. The van der Waals surface area contributed by atoms with Crippen LogP contribution in [0.1, 0.15) is 72.1 Å². The van der Waals surface area contributed by atoms with Gasteiger partial charge < -0.3 is 5.11 Å². The van der Waals surface area contributed by atoms with Gasteiger partial charge in [-0.15, -0.1) is 0 Å². The van der Waals surface area contributed by atoms with E-state index in [1.807, 2.05) is 0 Å². The van der Waals surface area contributed by atoms with Crippen LogP contribution >= 0.6 is 0 Å². The van der Waals surface area contributed by atoms with Crippen molar-refractivity contribution >= 4 is 0 Å². The minimum absolute atomic E-state index is 0.336. The number of rotatable bonds is 7. The molecule has 18 heavy (non-hydrogen) atoms. The molecule has 0 radical (unpaired) electrons. The highest BCUT2D eigenvalue weighted by Gasteiger charge is 2.20. The highest BCUT2D eigenvalue weighted by atomic mass is 16.3. The molecule has 0 saturated heterocycles. The van der Waals surface area contributed by atoms with Gasteiger partial charge in [0.1, 0.15) is 0 Å². The van der Waals surface area contributed by atoms with Crippen LogP contribution in [0.5, 0.6) is 0 Å². The zero-order chi connectivity index (χ0) is 13.4. The van der Waals surface area contributed by atoms with E-state index >= 15 is 0 Å². The van der Waals surface area contributed by atoms with Crippen LogP contribution in [0, 0.1) is 17.8 Å². The molecule has 1 fully saturated rings. The van der Waals surface area contributed by atoms with E-state index in [1.54, 1.807) is 5.57 Å². The fraction of sp³-hybridized carbons (Fsp3) is 0.882. The third kappa shape index (κ3) is 5.56. The van der Waals surface area contributed by atoms with Gasteiger partial charge in [0.2, 0.25) is 0 Å². The third-order valence-corrected chi connectivity index (χ3v) is 4.82. The van der Waals surface area contributed by atoms with Gasteiger partial charge in [-0.3, -0.25) is 0 Å². The average molecular weight is 252 g/mol. The standard InChI is InChI=1S/C17H32O/c1-14(12-13-18)8-7-9-15(2)16(3)17-10-5-4-6-11-17/h9,14,16-18H,4-8,10-13H2,1-3H3/b15-9-. The van der Waals surface area contributed by atoms with Crippen molar-refractivity contribution in [2.75, 3.05) is 6.61 Å². The molecular weight excluding hydrogens is 220 g/mol. The lowest BCUT2D eigenvalue weighted by molar-refractivity contribution is 0.258. The van der Waals surface area contributed by atoms with Gasteiger partial charge >= 0.3 is 0 Å². The molecule has 1 N–H and O–H groups in total. The first kappa shape index (κ1) is 15.8. The van der Waals surface area contributed by atoms with Gasteiger partial charge in [-0.1, -0.05) is 44.8 Å². The van der Waals surface area contributed by atoms with Gasteiger partial charge in [-0.25, -0.2) is 0 Å². The number of aliphatic hydroxyl groups excluding tert-OH is 1. The summed E-state index contributed by atoms with van der Waals surface area (Å²) >= 11 is 0. The summed E-state index contributed by atoms with van der Waals surface area (Å²) in [6.45, 7) is 7.31. The maximum absolute atomic E-state index is 8.89. The lowest BCUT2D eigenvalue weighted by Gasteiger charge is -2.28. The van der Waals surface area contributed by atoms with Gasteiger partial charge in [-0.05, 0) is 56.8 Å². The Morgan fingerprint density at radius 1 is 1.17 bits per heavy atom. The predicted molar refractivity (Wildman–Crippen MR) is 79.6 cm³/mol. The third-order valence-electron chi connectivity index (χ3n) is 4.82. The minimum atomic E-state index is 0.336. The van der Waals surface area contributed by atoms with E-state index in [9.17, 15) is 0 Å². The van der Waals surface area contributed by atoms with Gasteiger partial charge in [0, 0.05) is 6.61 Å². The molecule has 0 aromatic heterocycles. The Morgan fingerprint density at radius 3 is 2.44 bits per heavy atom. The van der Waals surface area contributed by atoms with Crippen molar-refractivity contribution in [3.8, 4) is 0 Å². The number of aliphatic hydroxyl groups is 1. The summed E-state index contributed by atoms with van der Waals surface area (Å²) in [6.07, 6.45) is 13.0. The van der Waals surface area contributed by atoms with Crippen LogP contribution in [0.25, 0.3) is 0 Å². The molecule has 0 heterocycles. The zero-order valence-electron chi connectivity index (χ0n) is 12.6. The quantitative estimate of drug-likeness (QED) is 0.636. The normalized spacial score (nSPS) is 21.9. The molecular formula is C17H32O. The lowest BCUT2D eigenvalue weighted by Crippen LogP contribution is -2.16. The molecule has 1 nitrogen and oxygen atoms in total. The Labute approximate surface area is 114 Å². The molecule has 106 valence electrons. The Balaban J connectivity index is 2.30. The predicted octanol–water partition coefficient (Wildman–Crippen LogP) is 4.95. The molecule has 0 spiro atoms. The van der Waals surface area contributed by atoms with Crippen LogP contribution < -0.4 is 0 Å². The fourth-order valence-electron chi connectivity index (χ4n) is 3.15. The average Bonchev–Trinajstić information content (AvgIpc) is 2.39. The van der Waals surface area contributed by atoms with Gasteiger partial charge in [0.05, 0.1) is 0 Å². The van der Waals surface area contributed by atoms with Crippen LogP contribution in [-0.4, -0.2) is 11.7 Å². The van der Waals surface area contributed by atoms with Gasteiger partial charge in [-0.2, -0.15) is 0 Å². The zero-order valence-corrected chi connectivity index (χ0v) is 12.6. The summed E-state index contributed by atoms with van der Waals surface area (Å²) < 4.78 is 0. The van der Waals surface area contributed by atoms with Crippen molar-refractivity contribution in [1.82, 2.24) is 0 Å². The summed E-state index contributed by atoms with van der Waals surface area (Å²) in [5.41, 5.74) is 1.60. The molecule has 1 aliphatic carbocycles. The van der Waals surface area contributed by atoms with E-state index in [0.29, 0.717) is 12.5 Å². The van der Waals surface area contributed by atoms with Crippen molar-refractivity contribution in [1.29, 1.82) is 0 Å². The lowest BCUT2D eigenvalue weighted by atomic mass is 9.77. The van der Waals surface area contributed by atoms with Crippen molar-refractivity contribution in [2.45, 2.75) is 72.1 Å². The molecule has 1 saturated carbocycles. The van der Waals surface area contributed by atoms with Gasteiger partial charge in [0.25, 0.3) is 0 Å². The van der Waals surface area contributed by atoms with Crippen LogP contribution in [0.4, 0.5) is 0 Å². The number of hydrogen-bond donors (Lipinski definition) is 1. The highest BCUT2D eigenvalue weighted by molar-refractivity contribution is 5.04. The Kier molecular flexibility index (Phi) is 7.65. The molecule has 1 rings (SSSR count). The Morgan fingerprint density at radius 2 is 1.83 bits per heavy atom. The Bertz CT molecular complexity index is 238. The highest BCUT2D eigenvalue weighted by Crippen LogP contribution is 2.33. The summed E-state index contributed by atoms with van der Waals surface area (Å²) in [7, 11) is 0. The van der Waals surface area contributed by atoms with Crippen molar-refractivity contribution < 1.29 is 5.11 Å². The first-order chi connectivity index (χ1) is 8.65. The van der Waals surface area contributed by atoms with E-state index in [4.69, 9.17) is 5.11 Å². The van der Waals surface area contributed by atoms with Crippen molar-refractivity contribution in [3.63, 3.8) is 0 Å². The maximum Gasteiger partial charge on any atom is 0.0433 e. The summed E-state index contributed by atoms with van der Waals surface area (Å²) in [5.74, 6) is 2.37. The smallest absolute Gasteiger partial charge is 0.0433 e. The molecule has 1 aliphatic rings. The van der Waals surface area contributed by atoms with Crippen LogP contribution in [-0.2, 0) is 0 Å². The van der Waals surface area contributed by atoms with Crippen LogP contribution in [0.3, 0.4) is 0 Å². The van der Waals surface area contributed by atoms with Crippen LogP contribution in [0.2, 0.25) is 0 Å². The van der Waals surface area contributed by atoms with Crippen LogP contribution in [0.15, 0.2) is 11.6 Å². The second-order valence-electron chi connectivity index (χ2n) is 6.33. The van der Waals surface area contributed by atoms with Crippen molar-refractivity contribution in [2.24, 2.45) is 17.8 Å². The molecule has 0 amide bonds. The molecule has 0 bridgehead atoms. The first-order valence-electron chi connectivity index (χ1n) is 7.92. The number of hydrogen-bond acceptors (Lipinski definition) is 1. The molecule has 2 unspecified atom stereocenters. The van der Waals surface area contributed by atoms with E-state index in [0.717, 1.165) is 18.3 Å². The minimum Gasteiger partial charge on any atom is -0.396 e. The first-order valence-corrected chi connectivity index (χ1v) is 7.92. The molecule has 0 aromatic carbocycles. The van der Waals surface area contributed by atoms with Gasteiger partial charge in [0.15, 0.2) is 0 Å². The number of allylic oxidation sites excluding steroid dienone is 2. The second-order valence-corrected chi connectivity index (χ2v) is 6.33. The second kappa shape index (κ2) is 8.74.